The molecule has 0 aliphatic rings. The van der Waals surface area contributed by atoms with Crippen LogP contribution < -0.4 is 0 Å². The molecule has 4 aromatic carbocycles. The molecule has 176 valence electrons. The van der Waals surface area contributed by atoms with Crippen molar-refractivity contribution < 1.29 is 24.2 Å². The van der Waals surface area contributed by atoms with E-state index in [9.17, 15) is 29.8 Å². The number of hydrogen-bond acceptors (Lipinski definition) is 7. The van der Waals surface area contributed by atoms with E-state index in [1.807, 2.05) is 0 Å². The smallest absolute Gasteiger partial charge is 0.346 e. The van der Waals surface area contributed by atoms with Crippen LogP contribution in [0.5, 0.6) is 0 Å². The molecule has 0 bridgehead atoms. The minimum atomic E-state index is -1.27. The predicted molar refractivity (Wildman–Crippen MR) is 131 cm³/mol. The molecule has 0 saturated heterocycles. The summed E-state index contributed by atoms with van der Waals surface area (Å²) in [6.45, 7) is 0. The molecule has 4 aromatic rings. The first-order valence-corrected chi connectivity index (χ1v) is 10.9. The number of nitro benzene ring substituents is 2. The van der Waals surface area contributed by atoms with Gasteiger partial charge in [-0.15, -0.1) is 0 Å². The number of rotatable bonds is 4. The van der Waals surface area contributed by atoms with Crippen LogP contribution in [0.25, 0.3) is 21.5 Å². The highest BCUT2D eigenvalue weighted by atomic mass is 35.5. The van der Waals surface area contributed by atoms with Crippen molar-refractivity contribution in [3.8, 4) is 0 Å². The molecular weight excluding hydrogens is 546 g/mol. The van der Waals surface area contributed by atoms with Crippen LogP contribution >= 0.6 is 46.4 Å². The summed E-state index contributed by atoms with van der Waals surface area (Å²) >= 11 is 24.5. The quantitative estimate of drug-likeness (QED) is 0.111. The van der Waals surface area contributed by atoms with Crippen molar-refractivity contribution >= 4 is 91.3 Å². The number of fused-ring (bicyclic) bond motifs is 2. The van der Waals surface area contributed by atoms with Gasteiger partial charge in [0.25, 0.3) is 11.4 Å². The van der Waals surface area contributed by atoms with E-state index in [0.29, 0.717) is 0 Å². The van der Waals surface area contributed by atoms with Crippen LogP contribution in [0.15, 0.2) is 48.5 Å². The number of esters is 2. The zero-order valence-corrected chi connectivity index (χ0v) is 19.9. The summed E-state index contributed by atoms with van der Waals surface area (Å²) in [5.74, 6) is -2.54. The fraction of sp³-hybridized carbons (Fsp3) is 0. The van der Waals surface area contributed by atoms with Crippen molar-refractivity contribution in [1.29, 1.82) is 0 Å². The standard InChI is InChI=1S/C22H8Cl4N2O7/c23-13-5-1-3-9-11(7-15(27(31)32)19(25)17(9)13)21(29)35-22(30)12-8-16(28(33)34)20(26)18-10(12)4-2-6-14(18)24/h1-8H. The minimum Gasteiger partial charge on any atom is -0.386 e. The normalized spacial score (nSPS) is 11.0. The Balaban J connectivity index is 1.87. The lowest BCUT2D eigenvalue weighted by Gasteiger charge is -2.11. The van der Waals surface area contributed by atoms with Crippen LogP contribution in [-0.2, 0) is 4.74 Å². The van der Waals surface area contributed by atoms with Gasteiger partial charge in [-0.3, -0.25) is 20.2 Å². The van der Waals surface area contributed by atoms with Crippen molar-refractivity contribution in [3.63, 3.8) is 0 Å². The summed E-state index contributed by atoms with van der Waals surface area (Å²) in [5.41, 5.74) is -1.99. The second-order valence-electron chi connectivity index (χ2n) is 7.03. The third-order valence-electron chi connectivity index (χ3n) is 5.08. The van der Waals surface area contributed by atoms with Crippen LogP contribution in [0.2, 0.25) is 20.1 Å². The van der Waals surface area contributed by atoms with Crippen molar-refractivity contribution in [1.82, 2.24) is 0 Å². The van der Waals surface area contributed by atoms with E-state index in [1.165, 1.54) is 36.4 Å². The van der Waals surface area contributed by atoms with Gasteiger partial charge in [0, 0.05) is 22.9 Å². The van der Waals surface area contributed by atoms with Gasteiger partial charge in [-0.05, 0) is 22.9 Å². The molecule has 0 saturated carbocycles. The molecule has 4 rings (SSSR count). The van der Waals surface area contributed by atoms with E-state index < -0.39 is 33.2 Å². The maximum absolute atomic E-state index is 13.0. The predicted octanol–water partition coefficient (Wildman–Crippen LogP) is 7.42. The first-order valence-electron chi connectivity index (χ1n) is 9.39. The molecule has 0 spiro atoms. The van der Waals surface area contributed by atoms with Gasteiger partial charge >= 0.3 is 11.9 Å². The third-order valence-corrected chi connectivity index (χ3v) is 6.47. The second-order valence-corrected chi connectivity index (χ2v) is 8.60. The van der Waals surface area contributed by atoms with E-state index in [2.05, 4.69) is 0 Å². The molecule has 0 aliphatic heterocycles. The molecule has 0 radical (unpaired) electrons. The number of carbonyl (C=O) groups is 2. The van der Waals surface area contributed by atoms with E-state index in [0.717, 1.165) is 12.1 Å². The lowest BCUT2D eigenvalue weighted by atomic mass is 10.0. The molecular formula is C22H8Cl4N2O7. The zero-order chi connectivity index (χ0) is 25.6. The monoisotopic (exact) mass is 552 g/mol. The molecule has 0 aliphatic carbocycles. The van der Waals surface area contributed by atoms with Crippen LogP contribution in [-0.4, -0.2) is 21.8 Å². The van der Waals surface area contributed by atoms with Gasteiger partial charge in [-0.1, -0.05) is 70.7 Å². The lowest BCUT2D eigenvalue weighted by Crippen LogP contribution is -2.14. The fourth-order valence-electron chi connectivity index (χ4n) is 3.55. The number of ether oxygens (including phenoxy) is 1. The molecule has 0 fully saturated rings. The zero-order valence-electron chi connectivity index (χ0n) is 16.9. The molecule has 9 nitrogen and oxygen atoms in total. The van der Waals surface area contributed by atoms with Gasteiger partial charge in [-0.2, -0.15) is 0 Å². The molecule has 13 heteroatoms. The number of carbonyl (C=O) groups excluding carboxylic acids is 2. The second kappa shape index (κ2) is 9.27. The van der Waals surface area contributed by atoms with E-state index in [-0.39, 0.29) is 52.8 Å². The molecule has 0 amide bonds. The number of halogens is 4. The topological polar surface area (TPSA) is 130 Å². The third kappa shape index (κ3) is 4.23. The highest BCUT2D eigenvalue weighted by molar-refractivity contribution is 6.45. The summed E-state index contributed by atoms with van der Waals surface area (Å²) in [6.07, 6.45) is 0. The Morgan fingerprint density at radius 1 is 0.686 bits per heavy atom. The maximum Gasteiger partial charge on any atom is 0.346 e. The average Bonchev–Trinajstić information content (AvgIpc) is 2.78. The summed E-state index contributed by atoms with van der Waals surface area (Å²) in [7, 11) is 0. The highest BCUT2D eigenvalue weighted by Crippen LogP contribution is 2.41. The first-order chi connectivity index (χ1) is 16.5. The Hall–Kier alpha value is -3.50. The molecule has 0 aromatic heterocycles. The van der Waals surface area contributed by atoms with Gasteiger partial charge in [0.1, 0.15) is 10.0 Å². The molecule has 0 heterocycles. The Kier molecular flexibility index (Phi) is 6.52. The van der Waals surface area contributed by atoms with Gasteiger partial charge < -0.3 is 4.74 Å². The average molecular weight is 554 g/mol. The van der Waals surface area contributed by atoms with Crippen molar-refractivity contribution in [2.45, 2.75) is 0 Å². The number of nitro groups is 2. The molecule has 0 atom stereocenters. The minimum absolute atomic E-state index is 0.0174. The molecule has 0 unspecified atom stereocenters. The number of nitrogens with zero attached hydrogens (tertiary/aromatic N) is 2. The summed E-state index contributed by atoms with van der Waals surface area (Å²) in [5, 5.41) is 22.7. The number of hydrogen-bond donors (Lipinski definition) is 0. The number of benzene rings is 4. The van der Waals surface area contributed by atoms with Gasteiger partial charge in [-0.25, -0.2) is 9.59 Å². The summed E-state index contributed by atoms with van der Waals surface area (Å²) in [4.78, 5) is 47.3. The largest absolute Gasteiger partial charge is 0.386 e. The molecule has 0 N–H and O–H groups in total. The lowest BCUT2D eigenvalue weighted by molar-refractivity contribution is -0.384. The van der Waals surface area contributed by atoms with Crippen molar-refractivity contribution in [2.24, 2.45) is 0 Å². The van der Waals surface area contributed by atoms with Crippen molar-refractivity contribution in [3.05, 3.63) is 100.0 Å². The van der Waals surface area contributed by atoms with Crippen molar-refractivity contribution in [2.75, 3.05) is 0 Å². The summed E-state index contributed by atoms with van der Waals surface area (Å²) in [6, 6.07) is 10.3. The van der Waals surface area contributed by atoms with Crippen LogP contribution in [0.3, 0.4) is 0 Å². The van der Waals surface area contributed by atoms with Gasteiger partial charge in [0.05, 0.1) is 31.0 Å². The Labute approximate surface area is 215 Å². The van der Waals surface area contributed by atoms with Crippen LogP contribution in [0.4, 0.5) is 11.4 Å². The van der Waals surface area contributed by atoms with Crippen LogP contribution in [0.1, 0.15) is 20.7 Å². The van der Waals surface area contributed by atoms with Gasteiger partial charge in [0.2, 0.25) is 0 Å². The fourth-order valence-corrected chi connectivity index (χ4v) is 4.84. The Bertz CT molecular complexity index is 1500. The highest BCUT2D eigenvalue weighted by Gasteiger charge is 2.29. The van der Waals surface area contributed by atoms with E-state index in [4.69, 9.17) is 51.1 Å². The van der Waals surface area contributed by atoms with E-state index >= 15 is 0 Å². The van der Waals surface area contributed by atoms with Gasteiger partial charge in [0.15, 0.2) is 0 Å². The SMILES string of the molecule is O=C(OC(=O)c1cc([N+](=O)[O-])c(Cl)c2c(Cl)cccc12)c1cc([N+](=O)[O-])c(Cl)c2c(Cl)cccc12. The van der Waals surface area contributed by atoms with Crippen LogP contribution in [0, 0.1) is 20.2 Å². The Morgan fingerprint density at radius 2 is 1.06 bits per heavy atom. The van der Waals surface area contributed by atoms with E-state index in [1.54, 1.807) is 0 Å². The molecule has 35 heavy (non-hydrogen) atoms. The maximum atomic E-state index is 13.0. The Morgan fingerprint density at radius 3 is 1.40 bits per heavy atom. The first kappa shape index (κ1) is 24.6. The summed E-state index contributed by atoms with van der Waals surface area (Å²) < 4.78 is 4.97.